The number of rotatable bonds is 8. The topological polar surface area (TPSA) is 114 Å². The van der Waals surface area contributed by atoms with Gasteiger partial charge in [-0.05, 0) is 47.8 Å². The van der Waals surface area contributed by atoms with Crippen molar-refractivity contribution >= 4 is 67.8 Å². The Balaban J connectivity index is 0.000000317. The molecule has 276 valence electrons. The molecule has 1 aliphatic rings. The summed E-state index contributed by atoms with van der Waals surface area (Å²) in [6.45, 7) is 0.580. The summed E-state index contributed by atoms with van der Waals surface area (Å²) in [5, 5.41) is 15.6. The molecule has 4 heterocycles. The molecule has 14 heteroatoms. The zero-order chi connectivity index (χ0) is 37.5. The van der Waals surface area contributed by atoms with Crippen molar-refractivity contribution in [1.29, 1.82) is 0 Å². The number of fused-ring (bicyclic) bond motifs is 3. The van der Waals surface area contributed by atoms with E-state index in [1.54, 1.807) is 23.7 Å². The maximum atomic E-state index is 13.1. The fourth-order valence-corrected chi connectivity index (χ4v) is 6.00. The number of anilines is 1. The van der Waals surface area contributed by atoms with E-state index in [0.717, 1.165) is 44.4 Å². The largest absolute Gasteiger partial charge is 0.506 e. The van der Waals surface area contributed by atoms with Crippen LogP contribution in [0.25, 0.3) is 39.1 Å². The molecule has 3 aromatic carbocycles. The Kier molecular flexibility index (Phi) is 13.4. The van der Waals surface area contributed by atoms with E-state index in [2.05, 4.69) is 32.3 Å². The van der Waals surface area contributed by atoms with Gasteiger partial charge in [0, 0.05) is 94.3 Å². The van der Waals surface area contributed by atoms with Crippen LogP contribution >= 0.6 is 11.3 Å². The number of nitrogens with one attached hydrogen (secondary N) is 1. The van der Waals surface area contributed by atoms with Crippen LogP contribution in [0.15, 0.2) is 121 Å². The Morgan fingerprint density at radius 1 is 0.889 bits per heavy atom. The minimum absolute atomic E-state index is 0. The van der Waals surface area contributed by atoms with Crippen molar-refractivity contribution in [3.63, 3.8) is 0 Å². The van der Waals surface area contributed by atoms with Gasteiger partial charge in [-0.2, -0.15) is 13.2 Å². The molecule has 1 amide bonds. The van der Waals surface area contributed by atoms with Crippen molar-refractivity contribution in [3.05, 3.63) is 142 Å². The number of aliphatic hydroxyl groups excluding tert-OH is 1. The molecule has 6 aromatic rings. The summed E-state index contributed by atoms with van der Waals surface area (Å²) >= 11 is 1.05. The molecule has 9 nitrogen and oxygen atoms in total. The van der Waals surface area contributed by atoms with E-state index in [9.17, 15) is 22.8 Å². The fraction of sp³-hybridized carbons (Fsp3) is 0.150. The SMILES string of the molecule is CN(C)c1ccc(C2=C(c3ccccc3)OC(CNC(=O)c3ccc4ccc5cccnc5c4n3)CO2)cc1.O=C(C=C(O)c1cccs1)C(F)(F)F.[Sm]. The molecule has 0 fully saturated rings. The summed E-state index contributed by atoms with van der Waals surface area (Å²) in [6, 6.07) is 32.5. The van der Waals surface area contributed by atoms with Crippen LogP contribution in [0.4, 0.5) is 18.9 Å². The third-order valence-electron chi connectivity index (χ3n) is 8.06. The molecule has 3 aromatic heterocycles. The molecule has 0 aliphatic carbocycles. The second-order valence-electron chi connectivity index (χ2n) is 12.0. The van der Waals surface area contributed by atoms with Crippen LogP contribution in [-0.4, -0.2) is 66.3 Å². The number of carbonyl (C=O) groups is 2. The van der Waals surface area contributed by atoms with Crippen LogP contribution in [-0.2, 0) is 14.3 Å². The number of allylic oxidation sites excluding steroid dienone is 1. The van der Waals surface area contributed by atoms with Crippen molar-refractivity contribution in [2.45, 2.75) is 12.3 Å². The van der Waals surface area contributed by atoms with Gasteiger partial charge < -0.3 is 24.8 Å². The van der Waals surface area contributed by atoms with E-state index in [0.29, 0.717) is 29.3 Å². The molecular weight excluding hydrogens is 856 g/mol. The van der Waals surface area contributed by atoms with Gasteiger partial charge in [0.25, 0.3) is 11.7 Å². The molecule has 2 N–H and O–H groups in total. The molecule has 1 unspecified atom stereocenters. The number of thiophene rings is 1. The Morgan fingerprint density at radius 2 is 1.57 bits per heavy atom. The number of aromatic nitrogens is 2. The number of amides is 1. The van der Waals surface area contributed by atoms with E-state index in [1.165, 1.54) is 6.07 Å². The van der Waals surface area contributed by atoms with Gasteiger partial charge in [0.15, 0.2) is 11.5 Å². The molecule has 54 heavy (non-hydrogen) atoms. The molecule has 1 atom stereocenters. The standard InChI is InChI=1S/C32H28N4O3.C8H5F3O2S.Sm/c1-36(2)25-15-12-24(13-16-25)30-31(23-7-4-3-5-8-23)39-26(20-38-30)19-34-32(37)27-17-14-22-11-10-21-9-6-18-33-28(21)29(22)35-27;9-8(10,11)7(13)4-5(12)6-2-1-3-14-6;/h3-18,26H,19-20H2,1-2H3,(H,34,37);1-4,12H;. The molecule has 0 saturated carbocycles. The normalized spacial score (nSPS) is 14.2. The summed E-state index contributed by atoms with van der Waals surface area (Å²) in [5.41, 5.74) is 4.76. The van der Waals surface area contributed by atoms with Crippen LogP contribution in [0.2, 0.25) is 0 Å². The third kappa shape index (κ3) is 9.81. The van der Waals surface area contributed by atoms with Crippen LogP contribution in [0.3, 0.4) is 0 Å². The van der Waals surface area contributed by atoms with E-state index < -0.39 is 17.7 Å². The first-order valence-corrected chi connectivity index (χ1v) is 17.2. The number of carbonyl (C=O) groups excluding carboxylic acids is 2. The van der Waals surface area contributed by atoms with Crippen molar-refractivity contribution in [1.82, 2.24) is 15.3 Å². The number of hydrogen-bond acceptors (Lipinski definition) is 9. The van der Waals surface area contributed by atoms with Gasteiger partial charge in [0.05, 0.1) is 22.5 Å². The summed E-state index contributed by atoms with van der Waals surface area (Å²) < 4.78 is 47.9. The summed E-state index contributed by atoms with van der Waals surface area (Å²) in [5.74, 6) is -1.67. The van der Waals surface area contributed by atoms with E-state index >= 15 is 0 Å². The second-order valence-corrected chi connectivity index (χ2v) is 13.0. The van der Waals surface area contributed by atoms with Gasteiger partial charge >= 0.3 is 6.18 Å². The Morgan fingerprint density at radius 3 is 2.24 bits per heavy atom. The number of ether oxygens (including phenoxy) is 2. The van der Waals surface area contributed by atoms with Crippen LogP contribution in [0, 0.1) is 40.4 Å². The van der Waals surface area contributed by atoms with Gasteiger partial charge in [0.1, 0.15) is 24.2 Å². The zero-order valence-electron chi connectivity index (χ0n) is 28.9. The minimum atomic E-state index is -4.94. The first kappa shape index (κ1) is 40.3. The monoisotopic (exact) mass is 890 g/mol. The van der Waals surface area contributed by atoms with Crippen molar-refractivity contribution in [2.75, 3.05) is 32.1 Å². The number of nitrogens with zero attached hydrogens (tertiary/aromatic N) is 3. The Labute approximate surface area is 345 Å². The molecular formula is C40H33F3N4O5SSm. The fourth-order valence-electron chi connectivity index (χ4n) is 5.36. The number of halogens is 3. The third-order valence-corrected chi connectivity index (χ3v) is 8.95. The molecule has 0 spiro atoms. The van der Waals surface area contributed by atoms with Gasteiger partial charge in [-0.15, -0.1) is 11.3 Å². The average molecular weight is 889 g/mol. The van der Waals surface area contributed by atoms with Gasteiger partial charge in [-0.3, -0.25) is 14.6 Å². The number of benzene rings is 3. The molecule has 0 saturated heterocycles. The quantitative estimate of drug-likeness (QED) is 0.0893. The van der Waals surface area contributed by atoms with Crippen LogP contribution < -0.4 is 10.2 Å². The van der Waals surface area contributed by atoms with Crippen molar-refractivity contribution in [2.24, 2.45) is 0 Å². The Hall–Kier alpha value is -4.87. The number of alkyl halides is 3. The van der Waals surface area contributed by atoms with Crippen molar-refractivity contribution < 1.29 is 77.7 Å². The van der Waals surface area contributed by atoms with E-state index in [4.69, 9.17) is 14.6 Å². The summed E-state index contributed by atoms with van der Waals surface area (Å²) in [4.78, 5) is 34.9. The van der Waals surface area contributed by atoms with Crippen molar-refractivity contribution in [3.8, 4) is 0 Å². The predicted octanol–water partition coefficient (Wildman–Crippen LogP) is 8.30. The number of hydrogen-bond donors (Lipinski definition) is 2. The summed E-state index contributed by atoms with van der Waals surface area (Å²) in [7, 11) is 4.02. The molecule has 0 bridgehead atoms. The van der Waals surface area contributed by atoms with E-state index in [-0.39, 0.29) is 69.9 Å². The molecule has 7 rings (SSSR count). The maximum Gasteiger partial charge on any atom is 0.454 e. The number of pyridine rings is 2. The first-order chi connectivity index (χ1) is 25.5. The Bertz CT molecular complexity index is 2300. The number of aliphatic hydroxyl groups is 1. The average Bonchev–Trinajstić information content (AvgIpc) is 3.73. The zero-order valence-corrected chi connectivity index (χ0v) is 32.3. The number of ketones is 1. The van der Waals surface area contributed by atoms with Gasteiger partial charge in [-0.25, -0.2) is 4.98 Å². The van der Waals surface area contributed by atoms with Crippen LogP contribution in [0.1, 0.15) is 26.5 Å². The predicted molar refractivity (Wildman–Crippen MR) is 200 cm³/mol. The molecule has 0 radical (unpaired) electrons. The second kappa shape index (κ2) is 18.0. The minimum Gasteiger partial charge on any atom is -0.506 e. The molecule has 1 aliphatic heterocycles. The smallest absolute Gasteiger partial charge is 0.454 e. The maximum absolute atomic E-state index is 13.1. The van der Waals surface area contributed by atoms with Gasteiger partial charge in [0.2, 0.25) is 0 Å². The summed E-state index contributed by atoms with van der Waals surface area (Å²) in [6.07, 6.45) is -3.40. The van der Waals surface area contributed by atoms with E-state index in [1.807, 2.05) is 86.9 Å². The first-order valence-electron chi connectivity index (χ1n) is 16.3. The van der Waals surface area contributed by atoms with Crippen LogP contribution in [0.5, 0.6) is 0 Å². The van der Waals surface area contributed by atoms with Gasteiger partial charge in [-0.1, -0.05) is 60.7 Å².